The van der Waals surface area contributed by atoms with Crippen LogP contribution < -0.4 is 0 Å². The first kappa shape index (κ1) is 65.3. The Morgan fingerprint density at radius 2 is 0.594 bits per heavy atom. The summed E-state index contributed by atoms with van der Waals surface area (Å²) in [6.45, 7) is 6.45. The molecule has 0 spiro atoms. The molecule has 0 aromatic rings. The number of hydrogen-bond acceptors (Lipinski definition) is 6. The van der Waals surface area contributed by atoms with E-state index in [2.05, 4.69) is 112 Å². The molecule has 0 rings (SSSR count). The average Bonchev–Trinajstić information content (AvgIpc) is 3.35. The average molecular weight is 960 g/mol. The summed E-state index contributed by atoms with van der Waals surface area (Å²) in [7, 11) is 0. The van der Waals surface area contributed by atoms with Crippen LogP contribution in [0.5, 0.6) is 0 Å². The second-order valence-electron chi connectivity index (χ2n) is 18.8. The lowest BCUT2D eigenvalue weighted by molar-refractivity contribution is -0.166. The first-order valence-electron chi connectivity index (χ1n) is 28.7. The first-order valence-corrected chi connectivity index (χ1v) is 28.7. The highest BCUT2D eigenvalue weighted by Crippen LogP contribution is 2.14. The zero-order valence-corrected chi connectivity index (χ0v) is 45.0. The molecule has 0 radical (unpaired) electrons. The molecule has 0 aliphatic rings. The van der Waals surface area contributed by atoms with E-state index in [4.69, 9.17) is 14.2 Å². The Labute approximate surface area is 426 Å². The van der Waals surface area contributed by atoms with Gasteiger partial charge in [0.2, 0.25) is 0 Å². The fraction of sp³-hybridized carbons (Fsp3) is 0.698. The Bertz CT molecular complexity index is 1380. The van der Waals surface area contributed by atoms with Crippen LogP contribution in [0.15, 0.2) is 97.2 Å². The number of unbranched alkanes of at least 4 members (excludes halogenated alkanes) is 24. The van der Waals surface area contributed by atoms with Crippen molar-refractivity contribution in [1.29, 1.82) is 0 Å². The van der Waals surface area contributed by atoms with Crippen molar-refractivity contribution in [3.05, 3.63) is 97.2 Å². The van der Waals surface area contributed by atoms with Gasteiger partial charge >= 0.3 is 17.9 Å². The van der Waals surface area contributed by atoms with Gasteiger partial charge in [-0.2, -0.15) is 0 Å². The molecule has 0 saturated carbocycles. The van der Waals surface area contributed by atoms with E-state index >= 15 is 0 Å². The number of hydrogen-bond donors (Lipinski definition) is 0. The van der Waals surface area contributed by atoms with Gasteiger partial charge in [0.05, 0.1) is 0 Å². The van der Waals surface area contributed by atoms with E-state index in [-0.39, 0.29) is 37.5 Å². The van der Waals surface area contributed by atoms with Crippen molar-refractivity contribution in [2.45, 2.75) is 271 Å². The fourth-order valence-corrected chi connectivity index (χ4v) is 7.75. The summed E-state index contributed by atoms with van der Waals surface area (Å²) < 4.78 is 16.8. The number of carbonyl (C=O) groups excluding carboxylic acids is 3. The van der Waals surface area contributed by atoms with Crippen LogP contribution in [0, 0.1) is 0 Å². The predicted octanol–water partition coefficient (Wildman–Crippen LogP) is 19.3. The molecule has 0 amide bonds. The van der Waals surface area contributed by atoms with Gasteiger partial charge in [0.25, 0.3) is 0 Å². The molecular formula is C63H106O6. The van der Waals surface area contributed by atoms with Gasteiger partial charge in [0, 0.05) is 19.3 Å². The van der Waals surface area contributed by atoms with Gasteiger partial charge in [-0.05, 0) is 109 Å². The van der Waals surface area contributed by atoms with E-state index in [1.54, 1.807) is 0 Å². The molecular weight excluding hydrogens is 853 g/mol. The highest BCUT2D eigenvalue weighted by molar-refractivity contribution is 5.71. The normalized spacial score (nSPS) is 12.8. The Kier molecular flexibility index (Phi) is 53.9. The molecule has 0 aromatic carbocycles. The standard InChI is InChI=1S/C63H106O6/c1-4-7-10-13-16-19-22-25-28-30-31-33-35-38-41-44-47-50-53-56-62(65)68-59-60(58-67-61(64)55-52-49-46-43-40-37-34-27-24-21-18-15-12-9-6-3)69-63(66)57-54-51-48-45-42-39-36-32-29-26-23-20-17-14-11-8-5-2/h7,10,16,19,21,24-26,28-29,31,33,38,41,47,50,60H,4-6,8-9,11-15,17-18,20,22-23,27,30,32,34-37,39-40,42-46,48-49,51-59H2,1-3H3/b10-7+,19-16+,24-21+,28-25+,29-26+,33-31+,41-38+,50-47+/t60-/m1/s1. The van der Waals surface area contributed by atoms with Crippen LogP contribution in [0.1, 0.15) is 265 Å². The van der Waals surface area contributed by atoms with E-state index in [0.717, 1.165) is 77.0 Å². The highest BCUT2D eigenvalue weighted by Gasteiger charge is 2.19. The van der Waals surface area contributed by atoms with Crippen molar-refractivity contribution in [3.8, 4) is 0 Å². The third kappa shape index (κ3) is 55.1. The van der Waals surface area contributed by atoms with Crippen LogP contribution in [0.4, 0.5) is 0 Å². The lowest BCUT2D eigenvalue weighted by Gasteiger charge is -2.18. The number of carbonyl (C=O) groups is 3. The van der Waals surface area contributed by atoms with Crippen molar-refractivity contribution in [2.75, 3.05) is 13.2 Å². The summed E-state index contributed by atoms with van der Waals surface area (Å²) in [5.41, 5.74) is 0. The number of rotatable bonds is 51. The topological polar surface area (TPSA) is 78.9 Å². The van der Waals surface area contributed by atoms with Crippen LogP contribution in [-0.4, -0.2) is 37.2 Å². The molecule has 0 aliphatic heterocycles. The molecule has 0 heterocycles. The van der Waals surface area contributed by atoms with Gasteiger partial charge in [0.15, 0.2) is 6.10 Å². The van der Waals surface area contributed by atoms with E-state index in [1.165, 1.54) is 141 Å². The molecule has 6 heteroatoms. The van der Waals surface area contributed by atoms with Crippen molar-refractivity contribution >= 4 is 17.9 Å². The lowest BCUT2D eigenvalue weighted by atomic mass is 10.1. The molecule has 394 valence electrons. The summed E-state index contributed by atoms with van der Waals surface area (Å²) in [5, 5.41) is 0. The quantitative estimate of drug-likeness (QED) is 0.0262. The largest absolute Gasteiger partial charge is 0.462 e. The van der Waals surface area contributed by atoms with E-state index < -0.39 is 6.10 Å². The molecule has 6 nitrogen and oxygen atoms in total. The number of esters is 3. The van der Waals surface area contributed by atoms with Crippen LogP contribution >= 0.6 is 0 Å². The molecule has 69 heavy (non-hydrogen) atoms. The van der Waals surface area contributed by atoms with Crippen molar-refractivity contribution in [2.24, 2.45) is 0 Å². The minimum atomic E-state index is -0.813. The third-order valence-corrected chi connectivity index (χ3v) is 12.1. The zero-order valence-electron chi connectivity index (χ0n) is 45.0. The molecule has 0 bridgehead atoms. The van der Waals surface area contributed by atoms with Crippen LogP contribution in [0.25, 0.3) is 0 Å². The monoisotopic (exact) mass is 959 g/mol. The summed E-state index contributed by atoms with van der Waals surface area (Å²) in [6, 6.07) is 0. The van der Waals surface area contributed by atoms with E-state index in [1.807, 2.05) is 6.08 Å². The highest BCUT2D eigenvalue weighted by atomic mass is 16.6. The molecule has 0 fully saturated rings. The summed E-state index contributed by atoms with van der Waals surface area (Å²) in [5.74, 6) is -0.998. The molecule has 0 aromatic heterocycles. The molecule has 0 unspecified atom stereocenters. The Balaban J connectivity index is 4.51. The minimum absolute atomic E-state index is 0.105. The Hall–Kier alpha value is -3.67. The predicted molar refractivity (Wildman–Crippen MR) is 297 cm³/mol. The summed E-state index contributed by atoms with van der Waals surface area (Å²) >= 11 is 0. The van der Waals surface area contributed by atoms with Gasteiger partial charge in [-0.25, -0.2) is 0 Å². The summed E-state index contributed by atoms with van der Waals surface area (Å²) in [4.78, 5) is 38.1. The third-order valence-electron chi connectivity index (χ3n) is 12.1. The number of allylic oxidation sites excluding steroid dienone is 16. The maximum Gasteiger partial charge on any atom is 0.306 e. The van der Waals surface area contributed by atoms with Gasteiger partial charge in [-0.1, -0.05) is 234 Å². The summed E-state index contributed by atoms with van der Waals surface area (Å²) in [6.07, 6.45) is 75.5. The Morgan fingerprint density at radius 1 is 0.304 bits per heavy atom. The minimum Gasteiger partial charge on any atom is -0.462 e. The van der Waals surface area contributed by atoms with Gasteiger partial charge < -0.3 is 14.2 Å². The lowest BCUT2D eigenvalue weighted by Crippen LogP contribution is -2.30. The van der Waals surface area contributed by atoms with Crippen LogP contribution in [0.2, 0.25) is 0 Å². The maximum atomic E-state index is 12.9. The zero-order chi connectivity index (χ0) is 50.0. The maximum absolute atomic E-state index is 12.9. The smallest absolute Gasteiger partial charge is 0.306 e. The van der Waals surface area contributed by atoms with Crippen molar-refractivity contribution < 1.29 is 28.6 Å². The van der Waals surface area contributed by atoms with E-state index in [9.17, 15) is 14.4 Å². The fourth-order valence-electron chi connectivity index (χ4n) is 7.75. The molecule has 0 N–H and O–H groups in total. The van der Waals surface area contributed by atoms with E-state index in [0.29, 0.717) is 19.3 Å². The Morgan fingerprint density at radius 3 is 0.986 bits per heavy atom. The first-order chi connectivity index (χ1) is 34.0. The molecule has 0 aliphatic carbocycles. The van der Waals surface area contributed by atoms with Crippen LogP contribution in [0.3, 0.4) is 0 Å². The molecule has 0 saturated heterocycles. The van der Waals surface area contributed by atoms with Crippen molar-refractivity contribution in [3.63, 3.8) is 0 Å². The van der Waals surface area contributed by atoms with Gasteiger partial charge in [-0.3, -0.25) is 14.4 Å². The second kappa shape index (κ2) is 56.9. The molecule has 1 atom stereocenters. The van der Waals surface area contributed by atoms with Gasteiger partial charge in [0.1, 0.15) is 13.2 Å². The van der Waals surface area contributed by atoms with Crippen molar-refractivity contribution in [1.82, 2.24) is 0 Å². The van der Waals surface area contributed by atoms with Crippen LogP contribution in [-0.2, 0) is 28.6 Å². The number of ether oxygens (including phenoxy) is 3. The SMILES string of the molecule is CC/C=C/C/C=C/C/C=C/C/C=C/C/C=C/C/C=C/CCC(=O)OC[C@@H](COC(=O)CCCCCCCCC/C=C/CCCCCC)OC(=O)CCCCCCCCC/C=C/CCCCCCCC. The van der Waals surface area contributed by atoms with Gasteiger partial charge in [-0.15, -0.1) is 0 Å². The second-order valence-corrected chi connectivity index (χ2v) is 18.8.